The largest absolute Gasteiger partial charge is 0.492 e. The van der Waals surface area contributed by atoms with Crippen LogP contribution in [0.15, 0.2) is 24.3 Å². The van der Waals surface area contributed by atoms with Crippen LogP contribution in [0.5, 0.6) is 5.75 Å². The van der Waals surface area contributed by atoms with Crippen LogP contribution in [0.25, 0.3) is 0 Å². The summed E-state index contributed by atoms with van der Waals surface area (Å²) in [5.41, 5.74) is 1.23. The van der Waals surface area contributed by atoms with Crippen molar-refractivity contribution in [3.8, 4) is 5.75 Å². The number of rotatable bonds is 7. The van der Waals surface area contributed by atoms with E-state index < -0.39 is 0 Å². The van der Waals surface area contributed by atoms with Gasteiger partial charge in [-0.05, 0) is 51.6 Å². The molecule has 2 rings (SSSR count). The summed E-state index contributed by atoms with van der Waals surface area (Å²) >= 11 is 0. The molecule has 0 spiro atoms. The van der Waals surface area contributed by atoms with Crippen LogP contribution in [0.2, 0.25) is 0 Å². The Balaban J connectivity index is 1.83. The van der Waals surface area contributed by atoms with E-state index in [1.165, 1.54) is 12.0 Å². The average molecular weight is 306 g/mol. The lowest BCUT2D eigenvalue weighted by Crippen LogP contribution is -2.43. The third-order valence-electron chi connectivity index (χ3n) is 4.38. The van der Waals surface area contributed by atoms with Gasteiger partial charge in [0, 0.05) is 18.6 Å². The Morgan fingerprint density at radius 3 is 2.55 bits per heavy atom. The second-order valence-electron chi connectivity index (χ2n) is 6.57. The molecule has 22 heavy (non-hydrogen) atoms. The first kappa shape index (κ1) is 17.3. The average Bonchev–Trinajstić information content (AvgIpc) is 2.50. The maximum atomic E-state index is 10.1. The molecular formula is C18H30N2O2. The topological polar surface area (TPSA) is 44.7 Å². The van der Waals surface area contributed by atoms with Crippen molar-refractivity contribution in [1.82, 2.24) is 10.2 Å². The number of benzene rings is 1. The molecule has 3 atom stereocenters. The van der Waals surface area contributed by atoms with Gasteiger partial charge < -0.3 is 20.1 Å². The Bertz CT molecular complexity index is 433. The van der Waals surface area contributed by atoms with Crippen LogP contribution in [0, 0.1) is 0 Å². The number of nitrogens with one attached hydrogen (secondary N) is 1. The molecule has 0 saturated heterocycles. The first-order valence-corrected chi connectivity index (χ1v) is 8.38. The van der Waals surface area contributed by atoms with Crippen molar-refractivity contribution >= 4 is 0 Å². The van der Waals surface area contributed by atoms with Crippen LogP contribution in [0.3, 0.4) is 0 Å². The first-order valence-electron chi connectivity index (χ1n) is 8.38. The van der Waals surface area contributed by atoms with Crippen LogP contribution >= 0.6 is 0 Å². The van der Waals surface area contributed by atoms with Gasteiger partial charge in [0.25, 0.3) is 0 Å². The first-order chi connectivity index (χ1) is 10.6. The van der Waals surface area contributed by atoms with Crippen LogP contribution < -0.4 is 10.1 Å². The minimum atomic E-state index is -0.204. The van der Waals surface area contributed by atoms with Gasteiger partial charge in [0.1, 0.15) is 12.4 Å². The van der Waals surface area contributed by atoms with Gasteiger partial charge in [-0.15, -0.1) is 0 Å². The molecule has 0 heterocycles. The van der Waals surface area contributed by atoms with Crippen LogP contribution in [-0.4, -0.2) is 49.4 Å². The number of likely N-dealkylation sites (N-methyl/N-ethyl adjacent to an activating group) is 1. The quantitative estimate of drug-likeness (QED) is 0.813. The minimum Gasteiger partial charge on any atom is -0.492 e. The van der Waals surface area contributed by atoms with E-state index in [-0.39, 0.29) is 18.2 Å². The Morgan fingerprint density at radius 1 is 1.23 bits per heavy atom. The van der Waals surface area contributed by atoms with E-state index in [4.69, 9.17) is 4.74 Å². The van der Waals surface area contributed by atoms with E-state index in [1.807, 2.05) is 26.2 Å². The standard InChI is InChI=1S/C18H30N2O2/c1-14(19-17-6-4-5-7-18(17)21)15-8-10-16(11-9-15)22-13-12-20(2)3/h8-11,14,17-19,21H,4-7,12-13H2,1-3H3. The molecule has 124 valence electrons. The highest BCUT2D eigenvalue weighted by Gasteiger charge is 2.24. The van der Waals surface area contributed by atoms with E-state index in [9.17, 15) is 5.11 Å². The van der Waals surface area contributed by atoms with E-state index in [0.717, 1.165) is 31.6 Å². The molecule has 1 fully saturated rings. The van der Waals surface area contributed by atoms with Gasteiger partial charge in [0.2, 0.25) is 0 Å². The zero-order valence-corrected chi connectivity index (χ0v) is 14.1. The number of aliphatic hydroxyl groups is 1. The van der Waals surface area contributed by atoms with Crippen LogP contribution in [0.4, 0.5) is 0 Å². The number of hydrogen-bond acceptors (Lipinski definition) is 4. The molecule has 2 N–H and O–H groups in total. The third kappa shape index (κ3) is 5.27. The highest BCUT2D eigenvalue weighted by atomic mass is 16.5. The number of hydrogen-bond donors (Lipinski definition) is 2. The Kier molecular flexibility index (Phi) is 6.68. The van der Waals surface area contributed by atoms with E-state index >= 15 is 0 Å². The fourth-order valence-electron chi connectivity index (χ4n) is 2.92. The maximum Gasteiger partial charge on any atom is 0.119 e. The van der Waals surface area contributed by atoms with Crippen LogP contribution in [-0.2, 0) is 0 Å². The molecule has 0 aliphatic heterocycles. The fraction of sp³-hybridized carbons (Fsp3) is 0.667. The second-order valence-corrected chi connectivity index (χ2v) is 6.57. The fourth-order valence-corrected chi connectivity index (χ4v) is 2.92. The van der Waals surface area contributed by atoms with Gasteiger partial charge in [-0.25, -0.2) is 0 Å². The minimum absolute atomic E-state index is 0.204. The predicted octanol–water partition coefficient (Wildman–Crippen LogP) is 2.58. The van der Waals surface area contributed by atoms with Crippen molar-refractivity contribution < 1.29 is 9.84 Å². The van der Waals surface area contributed by atoms with Gasteiger partial charge in [-0.1, -0.05) is 25.0 Å². The summed E-state index contributed by atoms with van der Waals surface area (Å²) in [5.74, 6) is 0.913. The molecule has 1 aliphatic carbocycles. The normalized spacial score (nSPS) is 23.5. The molecule has 1 saturated carbocycles. The van der Waals surface area contributed by atoms with E-state index in [1.54, 1.807) is 0 Å². The number of aliphatic hydroxyl groups excluding tert-OH is 1. The molecular weight excluding hydrogens is 276 g/mol. The predicted molar refractivity (Wildman–Crippen MR) is 90.3 cm³/mol. The van der Waals surface area contributed by atoms with E-state index in [2.05, 4.69) is 29.3 Å². The Morgan fingerprint density at radius 2 is 1.91 bits per heavy atom. The van der Waals surface area contributed by atoms with Crippen molar-refractivity contribution in [2.75, 3.05) is 27.2 Å². The molecule has 0 aromatic heterocycles. The summed E-state index contributed by atoms with van der Waals surface area (Å²) in [6.45, 7) is 3.77. The van der Waals surface area contributed by atoms with Gasteiger partial charge in [-0.3, -0.25) is 0 Å². The monoisotopic (exact) mass is 306 g/mol. The number of nitrogens with zero attached hydrogens (tertiary/aromatic N) is 1. The van der Waals surface area contributed by atoms with Gasteiger partial charge >= 0.3 is 0 Å². The van der Waals surface area contributed by atoms with Crippen molar-refractivity contribution in [2.24, 2.45) is 0 Å². The van der Waals surface area contributed by atoms with Crippen molar-refractivity contribution in [2.45, 2.75) is 50.8 Å². The Hall–Kier alpha value is -1.10. The molecule has 1 aromatic carbocycles. The molecule has 4 nitrogen and oxygen atoms in total. The number of ether oxygens (including phenoxy) is 1. The summed E-state index contributed by atoms with van der Waals surface area (Å²) in [7, 11) is 4.08. The van der Waals surface area contributed by atoms with E-state index in [0.29, 0.717) is 6.61 Å². The summed E-state index contributed by atoms with van der Waals surface area (Å²) in [4.78, 5) is 2.11. The van der Waals surface area contributed by atoms with Gasteiger partial charge in [-0.2, -0.15) is 0 Å². The smallest absolute Gasteiger partial charge is 0.119 e. The molecule has 1 aliphatic rings. The summed E-state index contributed by atoms with van der Waals surface area (Å²) < 4.78 is 5.72. The van der Waals surface area contributed by atoms with Crippen molar-refractivity contribution in [1.29, 1.82) is 0 Å². The second kappa shape index (κ2) is 8.51. The lowest BCUT2D eigenvalue weighted by Gasteiger charge is -2.31. The summed E-state index contributed by atoms with van der Waals surface area (Å²) in [5, 5.41) is 13.6. The highest BCUT2D eigenvalue weighted by Crippen LogP contribution is 2.23. The SMILES string of the molecule is CC(NC1CCCCC1O)c1ccc(OCCN(C)C)cc1. The lowest BCUT2D eigenvalue weighted by atomic mass is 9.91. The third-order valence-corrected chi connectivity index (χ3v) is 4.38. The van der Waals surface area contributed by atoms with Crippen molar-refractivity contribution in [3.05, 3.63) is 29.8 Å². The molecule has 4 heteroatoms. The summed E-state index contributed by atoms with van der Waals surface area (Å²) in [6.07, 6.45) is 4.14. The lowest BCUT2D eigenvalue weighted by molar-refractivity contribution is 0.0859. The summed E-state index contributed by atoms with van der Waals surface area (Å²) in [6, 6.07) is 8.74. The molecule has 0 radical (unpaired) electrons. The molecule has 0 amide bonds. The molecule has 1 aromatic rings. The highest BCUT2D eigenvalue weighted by molar-refractivity contribution is 5.29. The van der Waals surface area contributed by atoms with Crippen molar-refractivity contribution in [3.63, 3.8) is 0 Å². The zero-order chi connectivity index (χ0) is 15.9. The Labute approximate surface area is 134 Å². The van der Waals surface area contributed by atoms with Crippen LogP contribution in [0.1, 0.15) is 44.2 Å². The zero-order valence-electron chi connectivity index (χ0n) is 14.1. The molecule has 3 unspecified atom stereocenters. The van der Waals surface area contributed by atoms with Gasteiger partial charge in [0.15, 0.2) is 0 Å². The maximum absolute atomic E-state index is 10.1. The van der Waals surface area contributed by atoms with Gasteiger partial charge in [0.05, 0.1) is 6.10 Å². The molecule has 0 bridgehead atoms.